The molecule has 1 fully saturated rings. The lowest BCUT2D eigenvalue weighted by Crippen LogP contribution is -2.39. The SMILES string of the molecule is Cc1nc(C(C)NC2CCN(C(=O)OC(C)(C)C)C2)cs1. The van der Waals surface area contributed by atoms with E-state index in [4.69, 9.17) is 4.74 Å². The van der Waals surface area contributed by atoms with E-state index in [1.807, 2.05) is 27.7 Å². The number of hydrogen-bond acceptors (Lipinski definition) is 5. The Kier molecular flexibility index (Phi) is 4.88. The first-order valence-electron chi connectivity index (χ1n) is 7.40. The minimum Gasteiger partial charge on any atom is -0.444 e. The molecule has 2 heterocycles. The number of ether oxygens (including phenoxy) is 1. The van der Waals surface area contributed by atoms with Gasteiger partial charge in [-0.15, -0.1) is 11.3 Å². The minimum absolute atomic E-state index is 0.207. The van der Waals surface area contributed by atoms with Crippen molar-refractivity contribution in [2.75, 3.05) is 13.1 Å². The van der Waals surface area contributed by atoms with E-state index in [9.17, 15) is 4.79 Å². The second kappa shape index (κ2) is 6.32. The van der Waals surface area contributed by atoms with E-state index in [0.717, 1.165) is 23.7 Å². The number of aromatic nitrogens is 1. The van der Waals surface area contributed by atoms with Crippen LogP contribution >= 0.6 is 11.3 Å². The highest BCUT2D eigenvalue weighted by atomic mass is 32.1. The summed E-state index contributed by atoms with van der Waals surface area (Å²) in [5, 5.41) is 6.73. The molecule has 0 saturated carbocycles. The number of rotatable bonds is 3. The lowest BCUT2D eigenvalue weighted by atomic mass is 10.2. The second-order valence-corrected chi connectivity index (χ2v) is 7.65. The highest BCUT2D eigenvalue weighted by Gasteiger charge is 2.30. The molecule has 1 aromatic heterocycles. The molecule has 118 valence electrons. The van der Waals surface area contributed by atoms with E-state index >= 15 is 0 Å². The standard InChI is InChI=1S/C15H25N3O2S/c1-10(13-9-21-11(2)17-13)16-12-6-7-18(8-12)14(19)20-15(3,4)5/h9-10,12,16H,6-8H2,1-5H3. The van der Waals surface area contributed by atoms with Crippen LogP contribution in [-0.2, 0) is 4.74 Å². The largest absolute Gasteiger partial charge is 0.444 e. The summed E-state index contributed by atoms with van der Waals surface area (Å²) >= 11 is 1.67. The smallest absolute Gasteiger partial charge is 0.410 e. The third-order valence-electron chi connectivity index (χ3n) is 3.41. The van der Waals surface area contributed by atoms with Gasteiger partial charge in [0, 0.05) is 30.6 Å². The molecule has 1 amide bonds. The number of amides is 1. The molecule has 6 heteroatoms. The zero-order chi connectivity index (χ0) is 15.6. The monoisotopic (exact) mass is 311 g/mol. The third kappa shape index (κ3) is 4.68. The third-order valence-corrected chi connectivity index (χ3v) is 4.20. The zero-order valence-electron chi connectivity index (χ0n) is 13.5. The summed E-state index contributed by atoms with van der Waals surface area (Å²) in [4.78, 5) is 18.3. The fourth-order valence-corrected chi connectivity index (χ4v) is 3.11. The van der Waals surface area contributed by atoms with Crippen molar-refractivity contribution in [1.29, 1.82) is 0 Å². The van der Waals surface area contributed by atoms with Crippen LogP contribution < -0.4 is 5.32 Å². The molecule has 1 N–H and O–H groups in total. The van der Waals surface area contributed by atoms with E-state index in [0.29, 0.717) is 12.6 Å². The lowest BCUT2D eigenvalue weighted by Gasteiger charge is -2.24. The van der Waals surface area contributed by atoms with Crippen molar-refractivity contribution in [1.82, 2.24) is 15.2 Å². The number of carbonyl (C=O) groups excluding carboxylic acids is 1. The van der Waals surface area contributed by atoms with Gasteiger partial charge in [0.2, 0.25) is 0 Å². The van der Waals surface area contributed by atoms with E-state index < -0.39 is 5.60 Å². The molecule has 1 aromatic rings. The van der Waals surface area contributed by atoms with Crippen LogP contribution in [0.4, 0.5) is 4.79 Å². The van der Waals surface area contributed by atoms with E-state index in [1.54, 1.807) is 16.2 Å². The maximum absolute atomic E-state index is 12.0. The van der Waals surface area contributed by atoms with Gasteiger partial charge in [-0.05, 0) is 41.0 Å². The van der Waals surface area contributed by atoms with Gasteiger partial charge in [-0.3, -0.25) is 0 Å². The van der Waals surface area contributed by atoms with Crippen molar-refractivity contribution in [2.45, 2.75) is 58.7 Å². The van der Waals surface area contributed by atoms with Gasteiger partial charge in [0.05, 0.1) is 10.7 Å². The molecular formula is C15H25N3O2S. The molecule has 2 rings (SSSR count). The number of aryl methyl sites for hydroxylation is 1. The zero-order valence-corrected chi connectivity index (χ0v) is 14.3. The van der Waals surface area contributed by atoms with Crippen LogP contribution in [0.25, 0.3) is 0 Å². The van der Waals surface area contributed by atoms with Crippen LogP contribution in [0.5, 0.6) is 0 Å². The molecule has 2 atom stereocenters. The minimum atomic E-state index is -0.436. The summed E-state index contributed by atoms with van der Waals surface area (Å²) in [7, 11) is 0. The van der Waals surface area contributed by atoms with Crippen LogP contribution in [0.15, 0.2) is 5.38 Å². The summed E-state index contributed by atoms with van der Waals surface area (Å²) in [6.45, 7) is 11.2. The molecular weight excluding hydrogens is 286 g/mol. The maximum atomic E-state index is 12.0. The molecule has 21 heavy (non-hydrogen) atoms. The molecule has 0 aromatic carbocycles. The van der Waals surface area contributed by atoms with Crippen molar-refractivity contribution in [3.05, 3.63) is 16.1 Å². The van der Waals surface area contributed by atoms with Crippen molar-refractivity contribution in [2.24, 2.45) is 0 Å². The Morgan fingerprint density at radius 3 is 2.86 bits per heavy atom. The fraction of sp³-hybridized carbons (Fsp3) is 0.733. The van der Waals surface area contributed by atoms with Crippen LogP contribution in [0.2, 0.25) is 0 Å². The van der Waals surface area contributed by atoms with Gasteiger partial charge in [-0.2, -0.15) is 0 Å². The quantitative estimate of drug-likeness (QED) is 0.932. The molecule has 0 spiro atoms. The van der Waals surface area contributed by atoms with Crippen LogP contribution in [-0.4, -0.2) is 40.7 Å². The Bertz CT molecular complexity index is 495. The van der Waals surface area contributed by atoms with Gasteiger partial charge in [-0.25, -0.2) is 9.78 Å². The van der Waals surface area contributed by atoms with Crippen LogP contribution in [0.1, 0.15) is 50.9 Å². The number of thiazole rings is 1. The van der Waals surface area contributed by atoms with Crippen molar-refractivity contribution in [3.8, 4) is 0 Å². The summed E-state index contributed by atoms with van der Waals surface area (Å²) < 4.78 is 5.41. The van der Waals surface area contributed by atoms with Gasteiger partial charge >= 0.3 is 6.09 Å². The number of nitrogens with zero attached hydrogens (tertiary/aromatic N) is 2. The molecule has 0 radical (unpaired) electrons. The molecule has 1 saturated heterocycles. The second-order valence-electron chi connectivity index (χ2n) is 6.59. The van der Waals surface area contributed by atoms with E-state index in [1.165, 1.54) is 0 Å². The molecule has 1 aliphatic heterocycles. The van der Waals surface area contributed by atoms with Crippen LogP contribution in [0, 0.1) is 6.92 Å². The Balaban J connectivity index is 1.84. The highest BCUT2D eigenvalue weighted by molar-refractivity contribution is 7.09. The summed E-state index contributed by atoms with van der Waals surface area (Å²) in [5.74, 6) is 0. The molecule has 5 nitrogen and oxygen atoms in total. The van der Waals surface area contributed by atoms with Crippen molar-refractivity contribution >= 4 is 17.4 Å². The Hall–Kier alpha value is -1.14. The lowest BCUT2D eigenvalue weighted by molar-refractivity contribution is 0.0290. The topological polar surface area (TPSA) is 54.5 Å². The number of hydrogen-bond donors (Lipinski definition) is 1. The van der Waals surface area contributed by atoms with Gasteiger partial charge < -0.3 is 15.0 Å². The highest BCUT2D eigenvalue weighted by Crippen LogP contribution is 2.20. The van der Waals surface area contributed by atoms with Crippen molar-refractivity contribution < 1.29 is 9.53 Å². The molecule has 0 bridgehead atoms. The average Bonchev–Trinajstić information content (AvgIpc) is 2.96. The number of nitrogens with one attached hydrogen (secondary N) is 1. The van der Waals surface area contributed by atoms with Gasteiger partial charge in [0.25, 0.3) is 0 Å². The van der Waals surface area contributed by atoms with Crippen LogP contribution in [0.3, 0.4) is 0 Å². The molecule has 1 aliphatic rings. The first-order chi connectivity index (χ1) is 9.74. The van der Waals surface area contributed by atoms with E-state index in [2.05, 4.69) is 22.6 Å². The Morgan fingerprint density at radius 1 is 1.57 bits per heavy atom. The molecule has 0 aliphatic carbocycles. The fourth-order valence-electron chi connectivity index (χ4n) is 2.41. The predicted octanol–water partition coefficient (Wildman–Crippen LogP) is 3.11. The first-order valence-corrected chi connectivity index (χ1v) is 8.28. The normalized spacial score (nSPS) is 20.6. The summed E-state index contributed by atoms with van der Waals surface area (Å²) in [6, 6.07) is 0.507. The van der Waals surface area contributed by atoms with Gasteiger partial charge in [0.1, 0.15) is 5.60 Å². The van der Waals surface area contributed by atoms with Crippen molar-refractivity contribution in [3.63, 3.8) is 0 Å². The Morgan fingerprint density at radius 2 is 2.29 bits per heavy atom. The summed E-state index contributed by atoms with van der Waals surface area (Å²) in [5.41, 5.74) is 0.641. The predicted molar refractivity (Wildman–Crippen MR) is 84.6 cm³/mol. The first kappa shape index (κ1) is 16.2. The van der Waals surface area contributed by atoms with E-state index in [-0.39, 0.29) is 12.1 Å². The maximum Gasteiger partial charge on any atom is 0.410 e. The van der Waals surface area contributed by atoms with Gasteiger partial charge in [-0.1, -0.05) is 0 Å². The average molecular weight is 311 g/mol. The number of carbonyl (C=O) groups is 1. The summed E-state index contributed by atoms with van der Waals surface area (Å²) in [6.07, 6.45) is 0.733. The van der Waals surface area contributed by atoms with Gasteiger partial charge in [0.15, 0.2) is 0 Å². The number of likely N-dealkylation sites (tertiary alicyclic amines) is 1. The molecule has 2 unspecified atom stereocenters. The Labute approximate surface area is 130 Å².